The maximum Gasteiger partial charge on any atom is 0.223 e. The van der Waals surface area contributed by atoms with Gasteiger partial charge in [0.15, 0.2) is 0 Å². The summed E-state index contributed by atoms with van der Waals surface area (Å²) in [6.07, 6.45) is 0. The minimum absolute atomic E-state index is 0.0947. The predicted molar refractivity (Wildman–Crippen MR) is 68.4 cm³/mol. The van der Waals surface area contributed by atoms with Crippen LogP contribution in [0.15, 0.2) is 18.2 Å². The van der Waals surface area contributed by atoms with E-state index in [1.165, 1.54) is 12.1 Å². The van der Waals surface area contributed by atoms with E-state index in [1.807, 2.05) is 6.92 Å². The van der Waals surface area contributed by atoms with Crippen molar-refractivity contribution in [1.82, 2.24) is 10.6 Å². The van der Waals surface area contributed by atoms with Crippen LogP contribution in [0.1, 0.15) is 25.5 Å². The predicted octanol–water partition coefficient (Wildman–Crippen LogP) is 2.00. The first-order valence-electron chi connectivity index (χ1n) is 6.45. The molecular weight excluding hydrogens is 250 g/mol. The molecule has 0 radical (unpaired) electrons. The monoisotopic (exact) mass is 268 g/mol. The molecule has 1 heterocycles. The lowest BCUT2D eigenvalue weighted by Crippen LogP contribution is -2.49. The molecule has 104 valence electrons. The van der Waals surface area contributed by atoms with Crippen molar-refractivity contribution in [3.05, 3.63) is 35.4 Å². The van der Waals surface area contributed by atoms with Crippen molar-refractivity contribution in [1.29, 1.82) is 0 Å². The van der Waals surface area contributed by atoms with E-state index in [4.69, 9.17) is 0 Å². The fourth-order valence-electron chi connectivity index (χ4n) is 2.15. The molecule has 1 aromatic carbocycles. The van der Waals surface area contributed by atoms with Crippen LogP contribution in [-0.2, 0) is 4.79 Å². The van der Waals surface area contributed by atoms with Crippen LogP contribution in [0.25, 0.3) is 0 Å². The number of hydrogen-bond acceptors (Lipinski definition) is 2. The van der Waals surface area contributed by atoms with Crippen molar-refractivity contribution in [3.8, 4) is 0 Å². The molecule has 2 rings (SSSR count). The van der Waals surface area contributed by atoms with Gasteiger partial charge in [0.25, 0.3) is 0 Å². The summed E-state index contributed by atoms with van der Waals surface area (Å²) >= 11 is 0. The van der Waals surface area contributed by atoms with Gasteiger partial charge in [-0.3, -0.25) is 4.79 Å². The molecule has 5 heteroatoms. The van der Waals surface area contributed by atoms with Crippen LogP contribution in [0, 0.1) is 23.5 Å². The topological polar surface area (TPSA) is 41.1 Å². The molecule has 1 fully saturated rings. The van der Waals surface area contributed by atoms with Crippen LogP contribution >= 0.6 is 0 Å². The molecule has 1 amide bonds. The molecule has 2 atom stereocenters. The second-order valence-electron chi connectivity index (χ2n) is 5.10. The van der Waals surface area contributed by atoms with E-state index >= 15 is 0 Å². The standard InChI is InChI=1S/C14H18F2N2O/c1-8(10-6-17-7-10)14(19)18-9(2)12-4-3-11(15)5-13(12)16/h3-5,8-10,17H,6-7H2,1-2H3,(H,18,19). The molecule has 2 unspecified atom stereocenters. The molecule has 3 nitrogen and oxygen atoms in total. The SMILES string of the molecule is CC(NC(=O)C(C)C1CNC1)c1ccc(F)cc1F. The Morgan fingerprint density at radius 1 is 1.37 bits per heavy atom. The van der Waals surface area contributed by atoms with Gasteiger partial charge >= 0.3 is 0 Å². The highest BCUT2D eigenvalue weighted by atomic mass is 19.1. The van der Waals surface area contributed by atoms with Crippen LogP contribution in [0.2, 0.25) is 0 Å². The van der Waals surface area contributed by atoms with Crippen LogP contribution in [-0.4, -0.2) is 19.0 Å². The summed E-state index contributed by atoms with van der Waals surface area (Å²) in [6.45, 7) is 5.25. The second-order valence-corrected chi connectivity index (χ2v) is 5.10. The maximum absolute atomic E-state index is 13.6. The number of nitrogens with one attached hydrogen (secondary N) is 2. The molecule has 19 heavy (non-hydrogen) atoms. The lowest BCUT2D eigenvalue weighted by molar-refractivity contribution is -0.127. The maximum atomic E-state index is 13.6. The van der Waals surface area contributed by atoms with Crippen molar-refractivity contribution in [3.63, 3.8) is 0 Å². The van der Waals surface area contributed by atoms with Crippen molar-refractivity contribution >= 4 is 5.91 Å². The van der Waals surface area contributed by atoms with E-state index in [2.05, 4.69) is 10.6 Å². The highest BCUT2D eigenvalue weighted by molar-refractivity contribution is 5.79. The van der Waals surface area contributed by atoms with Crippen molar-refractivity contribution < 1.29 is 13.6 Å². The van der Waals surface area contributed by atoms with Crippen molar-refractivity contribution in [2.75, 3.05) is 13.1 Å². The van der Waals surface area contributed by atoms with Gasteiger partial charge in [0.05, 0.1) is 6.04 Å². The first kappa shape index (κ1) is 13.9. The van der Waals surface area contributed by atoms with E-state index in [0.717, 1.165) is 19.2 Å². The number of rotatable bonds is 4. The zero-order chi connectivity index (χ0) is 14.0. The molecule has 0 bridgehead atoms. The van der Waals surface area contributed by atoms with Gasteiger partial charge in [0.2, 0.25) is 5.91 Å². The van der Waals surface area contributed by atoms with E-state index in [9.17, 15) is 13.6 Å². The van der Waals surface area contributed by atoms with Crippen LogP contribution in [0.4, 0.5) is 8.78 Å². The Bertz CT molecular complexity index is 475. The number of carbonyl (C=O) groups is 1. The minimum atomic E-state index is -0.634. The summed E-state index contributed by atoms with van der Waals surface area (Å²) in [5.41, 5.74) is 0.300. The molecular formula is C14H18F2N2O. The summed E-state index contributed by atoms with van der Waals surface area (Å²) in [5.74, 6) is -1.11. The number of carbonyl (C=O) groups excluding carboxylic acids is 1. The smallest absolute Gasteiger partial charge is 0.223 e. The van der Waals surface area contributed by atoms with Crippen LogP contribution in [0.5, 0.6) is 0 Å². The van der Waals surface area contributed by atoms with Crippen molar-refractivity contribution in [2.45, 2.75) is 19.9 Å². The lowest BCUT2D eigenvalue weighted by Gasteiger charge is -2.32. The third-order valence-corrected chi connectivity index (χ3v) is 3.72. The van der Waals surface area contributed by atoms with E-state index < -0.39 is 17.7 Å². The van der Waals surface area contributed by atoms with Gasteiger partial charge in [-0.1, -0.05) is 13.0 Å². The Labute approximate surface area is 111 Å². The van der Waals surface area contributed by atoms with Crippen LogP contribution < -0.4 is 10.6 Å². The van der Waals surface area contributed by atoms with E-state index in [-0.39, 0.29) is 11.8 Å². The Morgan fingerprint density at radius 3 is 2.58 bits per heavy atom. The molecule has 1 saturated heterocycles. The summed E-state index contributed by atoms with van der Waals surface area (Å²) in [4.78, 5) is 12.0. The number of amides is 1. The Morgan fingerprint density at radius 2 is 2.05 bits per heavy atom. The Hall–Kier alpha value is -1.49. The van der Waals surface area contributed by atoms with Gasteiger partial charge in [-0.25, -0.2) is 8.78 Å². The molecule has 1 aliphatic heterocycles. The summed E-state index contributed by atoms with van der Waals surface area (Å²) < 4.78 is 26.4. The fourth-order valence-corrected chi connectivity index (χ4v) is 2.15. The van der Waals surface area contributed by atoms with Gasteiger partial charge in [0.1, 0.15) is 11.6 Å². The zero-order valence-corrected chi connectivity index (χ0v) is 11.0. The normalized spacial score (nSPS) is 18.5. The second kappa shape index (κ2) is 5.65. The van der Waals surface area contributed by atoms with Crippen LogP contribution in [0.3, 0.4) is 0 Å². The molecule has 0 aliphatic carbocycles. The van der Waals surface area contributed by atoms with Gasteiger partial charge in [-0.05, 0) is 32.0 Å². The summed E-state index contributed by atoms with van der Waals surface area (Å²) in [7, 11) is 0. The highest BCUT2D eigenvalue weighted by Crippen LogP contribution is 2.20. The third kappa shape index (κ3) is 3.10. The average Bonchev–Trinajstić information content (AvgIpc) is 2.25. The fraction of sp³-hybridized carbons (Fsp3) is 0.500. The largest absolute Gasteiger partial charge is 0.349 e. The number of benzene rings is 1. The summed E-state index contributed by atoms with van der Waals surface area (Å²) in [6, 6.07) is 2.92. The van der Waals surface area contributed by atoms with Gasteiger partial charge in [-0.15, -0.1) is 0 Å². The average molecular weight is 268 g/mol. The highest BCUT2D eigenvalue weighted by Gasteiger charge is 2.29. The third-order valence-electron chi connectivity index (χ3n) is 3.72. The first-order valence-corrected chi connectivity index (χ1v) is 6.45. The molecule has 2 N–H and O–H groups in total. The Balaban J connectivity index is 1.99. The zero-order valence-electron chi connectivity index (χ0n) is 11.0. The minimum Gasteiger partial charge on any atom is -0.349 e. The van der Waals surface area contributed by atoms with Crippen molar-refractivity contribution in [2.24, 2.45) is 11.8 Å². The molecule has 0 aromatic heterocycles. The molecule has 1 aromatic rings. The molecule has 1 aliphatic rings. The molecule has 0 saturated carbocycles. The van der Waals surface area contributed by atoms with E-state index in [0.29, 0.717) is 11.5 Å². The number of hydrogen-bond donors (Lipinski definition) is 2. The van der Waals surface area contributed by atoms with Gasteiger partial charge in [-0.2, -0.15) is 0 Å². The van der Waals surface area contributed by atoms with Gasteiger partial charge < -0.3 is 10.6 Å². The first-order chi connectivity index (χ1) is 8.99. The lowest BCUT2D eigenvalue weighted by atomic mass is 9.88. The van der Waals surface area contributed by atoms with E-state index in [1.54, 1.807) is 6.92 Å². The Kier molecular flexibility index (Phi) is 4.14. The summed E-state index contributed by atoms with van der Waals surface area (Å²) in [5, 5.41) is 5.89. The number of halogens is 2. The molecule has 0 spiro atoms. The quantitative estimate of drug-likeness (QED) is 0.877. The van der Waals surface area contributed by atoms with Gasteiger partial charge in [0, 0.05) is 17.5 Å².